The van der Waals surface area contributed by atoms with Crippen molar-refractivity contribution in [3.8, 4) is 0 Å². The SMILES string of the molecule is NC1(c2ccc(Cl)cc2Cl)CC2(CCCCC2)C1. The molecule has 2 aliphatic rings. The Morgan fingerprint density at radius 2 is 1.67 bits per heavy atom. The average molecular weight is 284 g/mol. The summed E-state index contributed by atoms with van der Waals surface area (Å²) >= 11 is 12.2. The highest BCUT2D eigenvalue weighted by Gasteiger charge is 2.53. The maximum Gasteiger partial charge on any atom is 0.0471 e. The lowest BCUT2D eigenvalue weighted by molar-refractivity contribution is -0.00984. The highest BCUT2D eigenvalue weighted by Crippen LogP contribution is 2.60. The van der Waals surface area contributed by atoms with Crippen LogP contribution in [-0.4, -0.2) is 0 Å². The third kappa shape index (κ3) is 2.07. The molecule has 0 atom stereocenters. The van der Waals surface area contributed by atoms with Crippen LogP contribution in [0.3, 0.4) is 0 Å². The highest BCUT2D eigenvalue weighted by molar-refractivity contribution is 6.35. The van der Waals surface area contributed by atoms with Gasteiger partial charge in [0.25, 0.3) is 0 Å². The number of rotatable bonds is 1. The fourth-order valence-electron chi connectivity index (χ4n) is 4.03. The van der Waals surface area contributed by atoms with Crippen LogP contribution in [-0.2, 0) is 5.54 Å². The average Bonchev–Trinajstić information content (AvgIpc) is 2.28. The molecule has 0 aliphatic heterocycles. The van der Waals surface area contributed by atoms with Crippen molar-refractivity contribution in [1.29, 1.82) is 0 Å². The lowest BCUT2D eigenvalue weighted by atomic mass is 9.51. The monoisotopic (exact) mass is 283 g/mol. The van der Waals surface area contributed by atoms with Gasteiger partial charge < -0.3 is 5.73 Å². The molecule has 0 radical (unpaired) electrons. The third-order valence-electron chi connectivity index (χ3n) is 4.76. The predicted molar refractivity (Wildman–Crippen MR) is 77.1 cm³/mol. The Morgan fingerprint density at radius 3 is 2.28 bits per heavy atom. The van der Waals surface area contributed by atoms with Crippen molar-refractivity contribution < 1.29 is 0 Å². The number of halogens is 2. The van der Waals surface area contributed by atoms with Crippen LogP contribution in [0.2, 0.25) is 10.0 Å². The summed E-state index contributed by atoms with van der Waals surface area (Å²) in [5.74, 6) is 0. The largest absolute Gasteiger partial charge is 0.321 e. The lowest BCUT2D eigenvalue weighted by Gasteiger charge is -2.57. The van der Waals surface area contributed by atoms with E-state index >= 15 is 0 Å². The van der Waals surface area contributed by atoms with Gasteiger partial charge in [-0.3, -0.25) is 0 Å². The summed E-state index contributed by atoms with van der Waals surface area (Å²) in [5, 5.41) is 1.40. The molecule has 2 fully saturated rings. The molecule has 0 heterocycles. The Balaban J connectivity index is 1.81. The molecular formula is C15H19Cl2N. The summed E-state index contributed by atoms with van der Waals surface area (Å²) in [6.07, 6.45) is 8.98. The zero-order valence-corrected chi connectivity index (χ0v) is 12.0. The van der Waals surface area contributed by atoms with E-state index < -0.39 is 0 Å². The summed E-state index contributed by atoms with van der Waals surface area (Å²) < 4.78 is 0. The molecule has 2 saturated carbocycles. The number of hydrogen-bond acceptors (Lipinski definition) is 1. The summed E-state index contributed by atoms with van der Waals surface area (Å²) in [6.45, 7) is 0. The highest BCUT2D eigenvalue weighted by atomic mass is 35.5. The van der Waals surface area contributed by atoms with E-state index in [1.807, 2.05) is 12.1 Å². The summed E-state index contributed by atoms with van der Waals surface area (Å²) in [4.78, 5) is 0. The van der Waals surface area contributed by atoms with E-state index in [2.05, 4.69) is 0 Å². The van der Waals surface area contributed by atoms with Crippen LogP contribution in [0.1, 0.15) is 50.5 Å². The fourth-order valence-corrected chi connectivity index (χ4v) is 4.62. The molecule has 1 spiro atoms. The summed E-state index contributed by atoms with van der Waals surface area (Å²) in [5.41, 5.74) is 7.91. The molecule has 98 valence electrons. The molecule has 0 aromatic heterocycles. The summed E-state index contributed by atoms with van der Waals surface area (Å²) in [7, 11) is 0. The fraction of sp³-hybridized carbons (Fsp3) is 0.600. The minimum atomic E-state index is -0.223. The third-order valence-corrected chi connectivity index (χ3v) is 5.31. The predicted octanol–water partition coefficient (Wildman–Crippen LogP) is 4.89. The van der Waals surface area contributed by atoms with Gasteiger partial charge >= 0.3 is 0 Å². The second kappa shape index (κ2) is 4.40. The molecule has 1 nitrogen and oxygen atoms in total. The van der Waals surface area contributed by atoms with Gasteiger partial charge in [-0.15, -0.1) is 0 Å². The van der Waals surface area contributed by atoms with Gasteiger partial charge in [0.05, 0.1) is 0 Å². The zero-order chi connectivity index (χ0) is 12.8. The van der Waals surface area contributed by atoms with Crippen molar-refractivity contribution >= 4 is 23.2 Å². The van der Waals surface area contributed by atoms with E-state index in [1.165, 1.54) is 32.1 Å². The molecule has 0 amide bonds. The Bertz CT molecular complexity index is 456. The molecule has 3 heteroatoms. The molecule has 2 aliphatic carbocycles. The second-order valence-corrected chi connectivity index (χ2v) is 7.04. The van der Waals surface area contributed by atoms with Gasteiger partial charge in [-0.25, -0.2) is 0 Å². The van der Waals surface area contributed by atoms with Crippen LogP contribution >= 0.6 is 23.2 Å². The molecule has 0 unspecified atom stereocenters. The molecule has 3 rings (SSSR count). The van der Waals surface area contributed by atoms with E-state index in [0.29, 0.717) is 10.4 Å². The van der Waals surface area contributed by atoms with Gasteiger partial charge in [-0.1, -0.05) is 48.5 Å². The minimum Gasteiger partial charge on any atom is -0.321 e. The normalized spacial score (nSPS) is 24.8. The van der Waals surface area contributed by atoms with E-state index in [1.54, 1.807) is 6.07 Å². The molecular weight excluding hydrogens is 265 g/mol. The van der Waals surface area contributed by atoms with Gasteiger partial charge in [0.2, 0.25) is 0 Å². The van der Waals surface area contributed by atoms with E-state index in [4.69, 9.17) is 28.9 Å². The molecule has 0 bridgehead atoms. The molecule has 1 aromatic rings. The van der Waals surface area contributed by atoms with Crippen LogP contribution in [0.5, 0.6) is 0 Å². The Morgan fingerprint density at radius 1 is 1.00 bits per heavy atom. The number of nitrogens with two attached hydrogens (primary N) is 1. The van der Waals surface area contributed by atoms with Gasteiger partial charge in [-0.2, -0.15) is 0 Å². The van der Waals surface area contributed by atoms with Crippen LogP contribution in [0, 0.1) is 5.41 Å². The Labute approximate surface area is 119 Å². The van der Waals surface area contributed by atoms with Crippen LogP contribution in [0.25, 0.3) is 0 Å². The second-order valence-electron chi connectivity index (χ2n) is 6.19. The maximum absolute atomic E-state index is 6.55. The van der Waals surface area contributed by atoms with Crippen LogP contribution in [0.15, 0.2) is 18.2 Å². The van der Waals surface area contributed by atoms with E-state index in [-0.39, 0.29) is 5.54 Å². The van der Waals surface area contributed by atoms with Gasteiger partial charge in [-0.05, 0) is 48.8 Å². The van der Waals surface area contributed by atoms with E-state index in [9.17, 15) is 0 Å². The van der Waals surface area contributed by atoms with Gasteiger partial charge in [0, 0.05) is 15.6 Å². The first-order valence-electron chi connectivity index (χ1n) is 6.78. The van der Waals surface area contributed by atoms with Gasteiger partial charge in [0.15, 0.2) is 0 Å². The molecule has 18 heavy (non-hydrogen) atoms. The minimum absolute atomic E-state index is 0.223. The first kappa shape index (κ1) is 12.8. The van der Waals surface area contributed by atoms with E-state index in [0.717, 1.165) is 23.4 Å². The summed E-state index contributed by atoms with van der Waals surface area (Å²) in [6, 6.07) is 5.70. The van der Waals surface area contributed by atoms with Gasteiger partial charge in [0.1, 0.15) is 0 Å². The van der Waals surface area contributed by atoms with Crippen molar-refractivity contribution in [3.63, 3.8) is 0 Å². The topological polar surface area (TPSA) is 26.0 Å². The van der Waals surface area contributed by atoms with Crippen molar-refractivity contribution in [2.45, 2.75) is 50.5 Å². The Hall–Kier alpha value is -0.240. The molecule has 0 saturated heterocycles. The van der Waals surface area contributed by atoms with Crippen molar-refractivity contribution in [3.05, 3.63) is 33.8 Å². The standard InChI is InChI=1S/C15H19Cl2N/c16-11-4-5-12(13(17)8-11)15(18)9-14(10-15)6-2-1-3-7-14/h4-5,8H,1-3,6-7,9-10,18H2. The molecule has 2 N–H and O–H groups in total. The van der Waals surface area contributed by atoms with Crippen LogP contribution in [0.4, 0.5) is 0 Å². The molecule has 1 aromatic carbocycles. The Kier molecular flexibility index (Phi) is 3.12. The number of hydrogen-bond donors (Lipinski definition) is 1. The van der Waals surface area contributed by atoms with Crippen molar-refractivity contribution in [1.82, 2.24) is 0 Å². The first-order valence-corrected chi connectivity index (χ1v) is 7.53. The van der Waals surface area contributed by atoms with Crippen LogP contribution < -0.4 is 5.73 Å². The lowest BCUT2D eigenvalue weighted by Crippen LogP contribution is -2.56. The zero-order valence-electron chi connectivity index (χ0n) is 10.5. The van der Waals surface area contributed by atoms with Crippen molar-refractivity contribution in [2.24, 2.45) is 11.1 Å². The van der Waals surface area contributed by atoms with Crippen molar-refractivity contribution in [2.75, 3.05) is 0 Å². The maximum atomic E-state index is 6.55. The first-order chi connectivity index (χ1) is 8.53. The number of benzene rings is 1. The smallest absolute Gasteiger partial charge is 0.0471 e. The quantitative estimate of drug-likeness (QED) is 0.780.